The van der Waals surface area contributed by atoms with Gasteiger partial charge in [-0.2, -0.15) is 15.8 Å². The zero-order chi connectivity index (χ0) is 74.0. The number of morpholine rings is 2. The smallest absolute Gasteiger partial charge is 0.262 e. The third-order valence-corrected chi connectivity index (χ3v) is 20.4. The Morgan fingerprint density at radius 3 is 1.27 bits per heavy atom. The van der Waals surface area contributed by atoms with Crippen LogP contribution in [-0.4, -0.2) is 210 Å². The number of nitrogens with one attached hydrogen (secondary N) is 5. The van der Waals surface area contributed by atoms with Gasteiger partial charge >= 0.3 is 0 Å². The molecular weight excluding hydrogens is 1380 g/mol. The minimum atomic E-state index is -3.95. The number of amides is 1. The van der Waals surface area contributed by atoms with Crippen molar-refractivity contribution < 1.29 is 58.6 Å². The summed E-state index contributed by atoms with van der Waals surface area (Å²) in [7, 11) is -1.25. The van der Waals surface area contributed by atoms with E-state index in [0.717, 1.165) is 165 Å². The largest absolute Gasteiger partial charge is 0.457 e. The molecule has 0 spiro atoms. The van der Waals surface area contributed by atoms with E-state index in [1.54, 1.807) is 49.6 Å². The molecule has 25 nitrogen and oxygen atoms in total. The number of sulfonamides is 2. The molecule has 5 N–H and O–H groups in total. The molecule has 3 aliphatic rings. The number of hydrogen-bond acceptors (Lipinski definition) is 22. The molecule has 1 amide bonds. The molecule has 0 unspecified atom stereocenters. The number of nitrogens with zero attached hydrogens (tertiary/aromatic N) is 7. The summed E-state index contributed by atoms with van der Waals surface area (Å²) in [4.78, 5) is 20.8. The molecule has 3 aliphatic heterocycles. The van der Waals surface area contributed by atoms with Crippen LogP contribution in [0.4, 0.5) is 17.1 Å². The molecule has 3 saturated heterocycles. The Labute approximate surface area is 612 Å². The fourth-order valence-corrected chi connectivity index (χ4v) is 13.5. The predicted molar refractivity (Wildman–Crippen MR) is 409 cm³/mol. The molecule has 0 radical (unpaired) electrons. The van der Waals surface area contributed by atoms with Gasteiger partial charge in [-0.15, -0.1) is 0 Å². The molecule has 27 heteroatoms. The molecule has 0 saturated carbocycles. The first-order valence-electron chi connectivity index (χ1n) is 34.6. The van der Waals surface area contributed by atoms with Gasteiger partial charge in [-0.1, -0.05) is 54.6 Å². The van der Waals surface area contributed by atoms with Crippen LogP contribution in [0.25, 0.3) is 84.5 Å². The van der Waals surface area contributed by atoms with Gasteiger partial charge in [0.25, 0.3) is 26.0 Å². The molecule has 12 rings (SSSR count). The fraction of sp³-hybridized carbons (Fsp3) is 0.333. The second kappa shape index (κ2) is 38.7. The molecule has 0 aliphatic carbocycles. The summed E-state index contributed by atoms with van der Waals surface area (Å²) in [5.74, 6) is 2.40. The number of nitriles is 3. The molecule has 105 heavy (non-hydrogen) atoms. The van der Waals surface area contributed by atoms with Crippen molar-refractivity contribution in [2.75, 3.05) is 188 Å². The van der Waals surface area contributed by atoms with Crippen LogP contribution < -0.4 is 30.3 Å². The Hall–Kier alpha value is -10.0. The molecule has 9 aromatic rings. The van der Waals surface area contributed by atoms with Gasteiger partial charge in [0.15, 0.2) is 9.81 Å². The number of ether oxygens (including phenoxy) is 5. The predicted octanol–water partition coefficient (Wildman–Crippen LogP) is 10.1. The number of anilines is 3. The van der Waals surface area contributed by atoms with Crippen LogP contribution >= 0.6 is 0 Å². The lowest BCUT2D eigenvalue weighted by molar-refractivity contribution is -0.117. The van der Waals surface area contributed by atoms with Gasteiger partial charge in [-0.05, 0) is 130 Å². The van der Waals surface area contributed by atoms with Gasteiger partial charge in [-0.3, -0.25) is 14.6 Å². The Bertz CT molecular complexity index is 4870. The number of rotatable bonds is 29. The molecular formula is C78H88N12O13S2. The van der Waals surface area contributed by atoms with Crippen LogP contribution in [0.3, 0.4) is 0 Å². The van der Waals surface area contributed by atoms with Crippen LogP contribution in [-0.2, 0) is 48.5 Å². The van der Waals surface area contributed by atoms with E-state index in [-0.39, 0.29) is 43.4 Å². The third kappa shape index (κ3) is 22.5. The summed E-state index contributed by atoms with van der Waals surface area (Å²) in [6.07, 6.45) is 3.89. The normalized spacial score (nSPS) is 15.1. The fourth-order valence-electron chi connectivity index (χ4n) is 11.8. The van der Waals surface area contributed by atoms with Gasteiger partial charge in [0.05, 0.1) is 46.2 Å². The summed E-state index contributed by atoms with van der Waals surface area (Å²) >= 11 is 0. The van der Waals surface area contributed by atoms with E-state index in [4.69, 9.17) is 36.9 Å². The van der Waals surface area contributed by atoms with E-state index in [1.165, 1.54) is 38.1 Å². The monoisotopic (exact) mass is 1460 g/mol. The number of carbonyl (C=O) groups is 1. The minimum Gasteiger partial charge on any atom is -0.457 e. The Kier molecular flexibility index (Phi) is 28.6. The standard InChI is InChI=1S/C27H30N4O4.C26H30N4O5S.C25H28N4O4S/c1-33-13-9-30-27(32)23(19-28)18-25-6-7-26(35-25)22-3-2-21-17-24(5-4-20(21)16-22)29-8-10-31-11-14-34-15-12-31;1-33-13-9-29-36(31,32)25(19-27)18-24-6-7-26(35-24)22-3-2-21-17-23(5-4-20(21)16-22)28-8-10-30-11-14-34-15-12-30;1-28-10-12-29(13-11-28)22-6-5-19-15-21(4-3-20(19)16-22)25-8-7-23(33-25)17-24(18-26)34(30,31)27-9-14-32-2/h2-7,16-18,29H,8-15H2,1H3,(H,30,32);2-7,16-18,28-29H,8-15H2,1H3;3-8,15-17,27H,9-14H2,1-2H3/b23-18+;25-18+;24-17+. The summed E-state index contributed by atoms with van der Waals surface area (Å²) in [5.41, 5.74) is 6.02. The van der Waals surface area contributed by atoms with E-state index >= 15 is 0 Å². The Morgan fingerprint density at radius 1 is 0.457 bits per heavy atom. The summed E-state index contributed by atoms with van der Waals surface area (Å²) in [6, 6.07) is 53.1. The lowest BCUT2D eigenvalue weighted by Crippen LogP contribution is -2.44. The van der Waals surface area contributed by atoms with E-state index in [2.05, 4.69) is 125 Å². The van der Waals surface area contributed by atoms with Crippen LogP contribution in [0, 0.1) is 34.0 Å². The molecule has 0 atom stereocenters. The molecule has 550 valence electrons. The number of furan rings is 3. The Morgan fingerprint density at radius 2 is 0.848 bits per heavy atom. The molecule has 0 bridgehead atoms. The lowest BCUT2D eigenvalue weighted by Gasteiger charge is -2.34. The number of piperazine rings is 1. The van der Waals surface area contributed by atoms with Gasteiger partial charge in [0.2, 0.25) is 0 Å². The van der Waals surface area contributed by atoms with Crippen molar-refractivity contribution in [3.63, 3.8) is 0 Å². The van der Waals surface area contributed by atoms with Crippen LogP contribution in [0.15, 0.2) is 174 Å². The maximum absolute atomic E-state index is 12.3. The van der Waals surface area contributed by atoms with E-state index < -0.39 is 35.8 Å². The summed E-state index contributed by atoms with van der Waals surface area (Å²) in [6.45, 7) is 16.3. The number of fused-ring (bicyclic) bond motifs is 3. The maximum Gasteiger partial charge on any atom is 0.262 e. The second-order valence-corrected chi connectivity index (χ2v) is 28.4. The first-order chi connectivity index (χ1) is 51.0. The zero-order valence-corrected chi connectivity index (χ0v) is 61.0. The van der Waals surface area contributed by atoms with Crippen molar-refractivity contribution >= 4 is 93.6 Å². The molecule has 6 aromatic carbocycles. The first-order valence-corrected chi connectivity index (χ1v) is 37.5. The number of allylic oxidation sites excluding steroid dienone is 2. The van der Waals surface area contributed by atoms with Crippen LogP contribution in [0.5, 0.6) is 0 Å². The van der Waals surface area contributed by atoms with Crippen molar-refractivity contribution in [3.8, 4) is 52.2 Å². The highest BCUT2D eigenvalue weighted by molar-refractivity contribution is 7.94. The number of carbonyl (C=O) groups excluding carboxylic acids is 1. The third-order valence-electron chi connectivity index (χ3n) is 17.6. The second-order valence-electron chi connectivity index (χ2n) is 24.9. The number of methoxy groups -OCH3 is 3. The number of benzene rings is 6. The van der Waals surface area contributed by atoms with Gasteiger partial charge in [0.1, 0.15) is 58.3 Å². The molecule has 6 heterocycles. The Balaban J connectivity index is 0.000000169. The number of hydrogen-bond donors (Lipinski definition) is 5. The highest BCUT2D eigenvalue weighted by Gasteiger charge is 2.22. The zero-order valence-electron chi connectivity index (χ0n) is 59.4. The quantitative estimate of drug-likeness (QED) is 0.0165. The average molecular weight is 1470 g/mol. The van der Waals surface area contributed by atoms with Crippen LogP contribution in [0.2, 0.25) is 0 Å². The maximum atomic E-state index is 12.3. The van der Waals surface area contributed by atoms with Crippen molar-refractivity contribution in [1.82, 2.24) is 29.5 Å². The lowest BCUT2D eigenvalue weighted by atomic mass is 10.0. The minimum absolute atomic E-state index is 0.0193. The van der Waals surface area contributed by atoms with Gasteiger partial charge in [-0.25, -0.2) is 26.3 Å². The average Bonchev–Trinajstić information content (AvgIpc) is 1.81. The molecule has 3 aromatic heterocycles. The SMILES string of the molecule is COCCNC(=O)/C(C#N)=C/c1ccc(-c2ccc3cc(NCCN4CCOCC4)ccc3c2)o1.COCCNS(=O)(=O)/C(C#N)=C/c1ccc(-c2ccc3cc(N4CCN(C)CC4)ccc3c2)o1.COCCNS(=O)(=O)/C(C#N)=C/c1ccc(-c2ccc3cc(NCCN4CCOCC4)ccc3c2)o1. The van der Waals surface area contributed by atoms with Crippen molar-refractivity contribution in [2.24, 2.45) is 0 Å². The number of likely N-dealkylation sites (N-methyl/N-ethyl adjacent to an activating group) is 1. The van der Waals surface area contributed by atoms with E-state index in [1.807, 2.05) is 48.5 Å². The van der Waals surface area contributed by atoms with E-state index in [9.17, 15) is 37.4 Å². The van der Waals surface area contributed by atoms with E-state index in [0.29, 0.717) is 36.2 Å². The highest BCUT2D eigenvalue weighted by atomic mass is 32.2. The molecule has 3 fully saturated rings. The van der Waals surface area contributed by atoms with Gasteiger partial charge < -0.3 is 62.7 Å². The summed E-state index contributed by atoms with van der Waals surface area (Å²) < 4.78 is 96.9. The van der Waals surface area contributed by atoms with Crippen molar-refractivity contribution in [1.29, 1.82) is 15.8 Å². The summed E-state index contributed by atoms with van der Waals surface area (Å²) in [5, 5.41) is 44.3. The van der Waals surface area contributed by atoms with Gasteiger partial charge in [0, 0.05) is 171 Å². The highest BCUT2D eigenvalue weighted by Crippen LogP contribution is 2.33. The van der Waals surface area contributed by atoms with Crippen molar-refractivity contribution in [2.45, 2.75) is 0 Å². The van der Waals surface area contributed by atoms with Crippen molar-refractivity contribution in [3.05, 3.63) is 178 Å². The first kappa shape index (κ1) is 77.6. The topological polar surface area (TPSA) is 315 Å². The van der Waals surface area contributed by atoms with Crippen LogP contribution in [0.1, 0.15) is 17.3 Å².